The van der Waals surface area contributed by atoms with Gasteiger partial charge in [-0.1, -0.05) is 48.0 Å². The fraction of sp³-hybridized carbons (Fsp3) is 0.0769. The molecule has 0 N–H and O–H groups in total. The molecule has 4 heteroatoms. The lowest BCUT2D eigenvalue weighted by molar-refractivity contribution is 1.32. The van der Waals surface area contributed by atoms with Crippen molar-refractivity contribution in [1.29, 1.82) is 0 Å². The number of rotatable bonds is 2. The van der Waals surface area contributed by atoms with Crippen LogP contribution in [-0.4, -0.2) is 0 Å². The van der Waals surface area contributed by atoms with E-state index in [1.165, 1.54) is 0 Å². The highest BCUT2D eigenvalue weighted by atomic mass is 79.9. The normalized spacial score (nSPS) is 10.9. The fourth-order valence-electron chi connectivity index (χ4n) is 1.61. The molecule has 0 aliphatic carbocycles. The largest absolute Gasteiger partial charge is 0.133 e. The molecule has 0 aliphatic heterocycles. The van der Waals surface area contributed by atoms with Crippen molar-refractivity contribution in [2.24, 2.45) is 0 Å². The summed E-state index contributed by atoms with van der Waals surface area (Å²) in [5, 5.41) is 0.700. The standard InChI is InChI=1S/C13H8BrCl3/c14-12-9(5-3-6-10(12)13(16)17)8-4-1-2-7-11(8)15/h1-7,13H. The van der Waals surface area contributed by atoms with Gasteiger partial charge in [0.1, 0.15) is 4.84 Å². The fourth-order valence-corrected chi connectivity index (χ4v) is 3.18. The van der Waals surface area contributed by atoms with Crippen LogP contribution in [0.1, 0.15) is 10.4 Å². The first-order valence-corrected chi connectivity index (χ1v) is 6.97. The third-order valence-corrected chi connectivity index (χ3v) is 4.11. The van der Waals surface area contributed by atoms with E-state index in [4.69, 9.17) is 34.8 Å². The average Bonchev–Trinajstić information content (AvgIpc) is 2.30. The van der Waals surface area contributed by atoms with Crippen LogP contribution in [0.2, 0.25) is 5.02 Å². The molecule has 0 aromatic heterocycles. The average molecular weight is 350 g/mol. The van der Waals surface area contributed by atoms with Crippen LogP contribution < -0.4 is 0 Å². The van der Waals surface area contributed by atoms with E-state index in [1.807, 2.05) is 42.5 Å². The van der Waals surface area contributed by atoms with Crippen LogP contribution in [-0.2, 0) is 0 Å². The topological polar surface area (TPSA) is 0 Å². The van der Waals surface area contributed by atoms with Crippen molar-refractivity contribution in [3.8, 4) is 11.1 Å². The van der Waals surface area contributed by atoms with Gasteiger partial charge in [-0.2, -0.15) is 0 Å². The van der Waals surface area contributed by atoms with Crippen molar-refractivity contribution in [3.63, 3.8) is 0 Å². The van der Waals surface area contributed by atoms with Gasteiger partial charge in [-0.25, -0.2) is 0 Å². The zero-order valence-electron chi connectivity index (χ0n) is 8.63. The molecule has 0 saturated heterocycles. The summed E-state index contributed by atoms with van der Waals surface area (Å²) in [6, 6.07) is 13.4. The van der Waals surface area contributed by atoms with Crippen molar-refractivity contribution in [2.45, 2.75) is 4.84 Å². The minimum Gasteiger partial charge on any atom is -0.100 e. The lowest BCUT2D eigenvalue weighted by atomic mass is 10.0. The smallest absolute Gasteiger partial charge is 0.100 e. The second-order valence-electron chi connectivity index (χ2n) is 3.49. The van der Waals surface area contributed by atoms with Crippen LogP contribution in [0.15, 0.2) is 46.9 Å². The molecule has 2 aromatic rings. The Hall–Kier alpha value is -0.210. The molecule has 0 fully saturated rings. The number of halogens is 4. The monoisotopic (exact) mass is 348 g/mol. The maximum atomic E-state index is 6.18. The Morgan fingerprint density at radius 3 is 2.18 bits per heavy atom. The Morgan fingerprint density at radius 2 is 1.53 bits per heavy atom. The van der Waals surface area contributed by atoms with Gasteiger partial charge in [0.15, 0.2) is 0 Å². The Kier molecular flexibility index (Phi) is 4.37. The maximum absolute atomic E-state index is 6.18. The van der Waals surface area contributed by atoms with Crippen LogP contribution in [0, 0.1) is 0 Å². The van der Waals surface area contributed by atoms with Crippen molar-refractivity contribution in [3.05, 3.63) is 57.5 Å². The molecular weight excluding hydrogens is 342 g/mol. The lowest BCUT2D eigenvalue weighted by Gasteiger charge is -2.11. The molecule has 0 bridgehead atoms. The second-order valence-corrected chi connectivity index (χ2v) is 5.79. The third kappa shape index (κ3) is 2.79. The molecule has 17 heavy (non-hydrogen) atoms. The van der Waals surface area contributed by atoms with E-state index >= 15 is 0 Å². The summed E-state index contributed by atoms with van der Waals surface area (Å²) >= 11 is 21.5. The second kappa shape index (κ2) is 5.62. The summed E-state index contributed by atoms with van der Waals surface area (Å²) in [4.78, 5) is -0.563. The van der Waals surface area contributed by atoms with Gasteiger partial charge in [0.05, 0.1) is 0 Å². The van der Waals surface area contributed by atoms with Crippen molar-refractivity contribution in [2.75, 3.05) is 0 Å². The highest BCUT2D eigenvalue weighted by molar-refractivity contribution is 9.10. The van der Waals surface area contributed by atoms with Crippen LogP contribution in [0.5, 0.6) is 0 Å². The molecular formula is C13H8BrCl3. The van der Waals surface area contributed by atoms with E-state index in [0.29, 0.717) is 5.02 Å². The van der Waals surface area contributed by atoms with Crippen LogP contribution in [0.25, 0.3) is 11.1 Å². The van der Waals surface area contributed by atoms with Gasteiger partial charge in [0.25, 0.3) is 0 Å². The summed E-state index contributed by atoms with van der Waals surface area (Å²) in [5.74, 6) is 0. The highest BCUT2D eigenvalue weighted by Gasteiger charge is 2.13. The van der Waals surface area contributed by atoms with Crippen molar-refractivity contribution < 1.29 is 0 Å². The Morgan fingerprint density at radius 1 is 0.882 bits per heavy atom. The Labute approximate surface area is 124 Å². The predicted octanol–water partition coefficient (Wildman–Crippen LogP) is 6.25. The summed E-state index contributed by atoms with van der Waals surface area (Å²) in [6.45, 7) is 0. The van der Waals surface area contributed by atoms with Crippen molar-refractivity contribution >= 4 is 50.7 Å². The van der Waals surface area contributed by atoms with Gasteiger partial charge in [-0.05, 0) is 33.1 Å². The van der Waals surface area contributed by atoms with Gasteiger partial charge in [-0.3, -0.25) is 0 Å². The summed E-state index contributed by atoms with van der Waals surface area (Å²) in [5.41, 5.74) is 2.78. The van der Waals surface area contributed by atoms with Gasteiger partial charge in [0, 0.05) is 15.1 Å². The van der Waals surface area contributed by atoms with E-state index in [9.17, 15) is 0 Å². The number of hydrogen-bond donors (Lipinski definition) is 0. The van der Waals surface area contributed by atoms with Crippen LogP contribution >= 0.6 is 50.7 Å². The minimum atomic E-state index is -0.563. The van der Waals surface area contributed by atoms with Gasteiger partial charge >= 0.3 is 0 Å². The van der Waals surface area contributed by atoms with Gasteiger partial charge < -0.3 is 0 Å². The first-order valence-electron chi connectivity index (χ1n) is 4.92. The summed E-state index contributed by atoms with van der Waals surface area (Å²) < 4.78 is 0.878. The zero-order chi connectivity index (χ0) is 12.4. The van der Waals surface area contributed by atoms with E-state index in [0.717, 1.165) is 21.2 Å². The molecule has 0 radical (unpaired) electrons. The number of alkyl halides is 2. The molecule has 2 rings (SSSR count). The maximum Gasteiger partial charge on any atom is 0.133 e. The SMILES string of the molecule is Clc1ccccc1-c1cccc(C(Cl)Cl)c1Br. The molecule has 2 aromatic carbocycles. The molecule has 0 nitrogen and oxygen atoms in total. The number of hydrogen-bond acceptors (Lipinski definition) is 0. The van der Waals surface area contributed by atoms with E-state index in [-0.39, 0.29) is 0 Å². The Bertz CT molecular complexity index is 538. The third-order valence-electron chi connectivity index (χ3n) is 2.43. The molecule has 0 aliphatic rings. The molecule has 0 saturated carbocycles. The molecule has 0 heterocycles. The van der Waals surface area contributed by atoms with Crippen LogP contribution in [0.4, 0.5) is 0 Å². The van der Waals surface area contributed by atoms with Crippen molar-refractivity contribution in [1.82, 2.24) is 0 Å². The molecule has 0 unspecified atom stereocenters. The number of benzene rings is 2. The minimum absolute atomic E-state index is 0.563. The van der Waals surface area contributed by atoms with Crippen LogP contribution in [0.3, 0.4) is 0 Å². The zero-order valence-corrected chi connectivity index (χ0v) is 12.5. The first-order chi connectivity index (χ1) is 8.11. The summed E-state index contributed by atoms with van der Waals surface area (Å²) in [6.07, 6.45) is 0. The van der Waals surface area contributed by atoms with E-state index in [1.54, 1.807) is 0 Å². The van der Waals surface area contributed by atoms with Gasteiger partial charge in [-0.15, -0.1) is 23.2 Å². The van der Waals surface area contributed by atoms with Gasteiger partial charge in [0.2, 0.25) is 0 Å². The lowest BCUT2D eigenvalue weighted by Crippen LogP contribution is -1.88. The van der Waals surface area contributed by atoms with E-state index in [2.05, 4.69) is 15.9 Å². The van der Waals surface area contributed by atoms with E-state index < -0.39 is 4.84 Å². The quantitative estimate of drug-likeness (QED) is 0.562. The summed E-state index contributed by atoms with van der Waals surface area (Å²) in [7, 11) is 0. The molecule has 0 atom stereocenters. The molecule has 0 spiro atoms. The molecule has 88 valence electrons. The predicted molar refractivity (Wildman–Crippen MR) is 79.0 cm³/mol. The first kappa shape index (κ1) is 13.2. The highest BCUT2D eigenvalue weighted by Crippen LogP contribution is 2.39. The molecule has 0 amide bonds. The Balaban J connectivity index is 2.61.